The molecule has 0 bridgehead atoms. The quantitative estimate of drug-likeness (QED) is 0.667. The van der Waals surface area contributed by atoms with Crippen LogP contribution in [0.15, 0.2) is 18.5 Å². The molecule has 5 heteroatoms. The second kappa shape index (κ2) is 4.83. The van der Waals surface area contributed by atoms with Crippen LogP contribution in [0.25, 0.3) is 0 Å². The van der Waals surface area contributed by atoms with Gasteiger partial charge in [-0.05, 0) is 24.5 Å². The van der Waals surface area contributed by atoms with Crippen LogP contribution in [-0.4, -0.2) is 29.4 Å². The zero-order chi connectivity index (χ0) is 11.4. The maximum Gasteiger partial charge on any atom is 0.242 e. The molecule has 2 amide bonds. The third-order valence-corrected chi connectivity index (χ3v) is 2.69. The molecule has 1 fully saturated rings. The Morgan fingerprint density at radius 1 is 1.56 bits per heavy atom. The second-order valence-corrected chi connectivity index (χ2v) is 3.92. The topological polar surface area (TPSA) is 74.0 Å². The van der Waals surface area contributed by atoms with Gasteiger partial charge < -0.3 is 15.6 Å². The number of hydrogen-bond acceptors (Lipinski definition) is 2. The molecule has 1 aromatic heterocycles. The van der Waals surface area contributed by atoms with E-state index in [2.05, 4.69) is 15.6 Å². The molecule has 1 aliphatic rings. The van der Waals surface area contributed by atoms with Crippen LogP contribution in [0.2, 0.25) is 0 Å². The predicted molar refractivity (Wildman–Crippen MR) is 58.7 cm³/mol. The first-order valence-electron chi connectivity index (χ1n) is 5.44. The zero-order valence-electron chi connectivity index (χ0n) is 8.95. The number of H-pyrrole nitrogens is 1. The number of hydrogen-bond donors (Lipinski definition) is 3. The predicted octanol–water partition coefficient (Wildman–Crippen LogP) is -0.0480. The highest BCUT2D eigenvalue weighted by Gasteiger charge is 2.26. The number of carbonyl (C=O) groups is 2. The third-order valence-electron chi connectivity index (χ3n) is 2.69. The van der Waals surface area contributed by atoms with Gasteiger partial charge in [-0.1, -0.05) is 0 Å². The molecule has 1 unspecified atom stereocenters. The molecule has 1 aromatic rings. The molecule has 86 valence electrons. The van der Waals surface area contributed by atoms with Gasteiger partial charge in [0, 0.05) is 25.4 Å². The SMILES string of the molecule is O=C1CCC(C(=O)NCCc2cc[nH]c2)N1. The summed E-state index contributed by atoms with van der Waals surface area (Å²) in [5, 5.41) is 5.46. The molecule has 3 N–H and O–H groups in total. The van der Waals surface area contributed by atoms with E-state index in [9.17, 15) is 9.59 Å². The molecule has 2 heterocycles. The lowest BCUT2D eigenvalue weighted by Crippen LogP contribution is -2.42. The molecule has 0 aliphatic carbocycles. The summed E-state index contributed by atoms with van der Waals surface area (Å²) < 4.78 is 0. The van der Waals surface area contributed by atoms with E-state index in [0.717, 1.165) is 12.0 Å². The Kier molecular flexibility index (Phi) is 3.24. The summed E-state index contributed by atoms with van der Waals surface area (Å²) in [5.41, 5.74) is 1.16. The van der Waals surface area contributed by atoms with E-state index in [-0.39, 0.29) is 17.9 Å². The number of carbonyl (C=O) groups excluding carboxylic acids is 2. The lowest BCUT2D eigenvalue weighted by atomic mass is 10.2. The van der Waals surface area contributed by atoms with Crippen LogP contribution in [0.5, 0.6) is 0 Å². The first kappa shape index (κ1) is 10.7. The van der Waals surface area contributed by atoms with Crippen molar-refractivity contribution < 1.29 is 9.59 Å². The van der Waals surface area contributed by atoms with Crippen molar-refractivity contribution in [3.05, 3.63) is 24.0 Å². The molecule has 5 nitrogen and oxygen atoms in total. The van der Waals surface area contributed by atoms with Crippen LogP contribution in [0, 0.1) is 0 Å². The van der Waals surface area contributed by atoms with Crippen LogP contribution in [0.3, 0.4) is 0 Å². The van der Waals surface area contributed by atoms with Crippen molar-refractivity contribution in [2.24, 2.45) is 0 Å². The summed E-state index contributed by atoms with van der Waals surface area (Å²) in [4.78, 5) is 25.5. The Hall–Kier alpha value is -1.78. The fourth-order valence-corrected chi connectivity index (χ4v) is 1.78. The number of nitrogens with one attached hydrogen (secondary N) is 3. The summed E-state index contributed by atoms with van der Waals surface area (Å²) in [6, 6.07) is 1.64. The highest BCUT2D eigenvalue weighted by Crippen LogP contribution is 2.06. The van der Waals surface area contributed by atoms with Crippen LogP contribution in [0.1, 0.15) is 18.4 Å². The average Bonchev–Trinajstić information content (AvgIpc) is 2.89. The minimum atomic E-state index is -0.335. The molecule has 0 aromatic carbocycles. The maximum absolute atomic E-state index is 11.6. The van der Waals surface area contributed by atoms with Gasteiger partial charge in [-0.15, -0.1) is 0 Å². The molecule has 0 radical (unpaired) electrons. The second-order valence-electron chi connectivity index (χ2n) is 3.92. The van der Waals surface area contributed by atoms with Gasteiger partial charge >= 0.3 is 0 Å². The zero-order valence-corrected chi connectivity index (χ0v) is 8.95. The van der Waals surface area contributed by atoms with Crippen LogP contribution in [-0.2, 0) is 16.0 Å². The summed E-state index contributed by atoms with van der Waals surface area (Å²) in [5.74, 6) is -0.118. The lowest BCUT2D eigenvalue weighted by Gasteiger charge is -2.10. The summed E-state index contributed by atoms with van der Waals surface area (Å²) >= 11 is 0. The van der Waals surface area contributed by atoms with Gasteiger partial charge in [-0.3, -0.25) is 9.59 Å². The Morgan fingerprint density at radius 3 is 3.06 bits per heavy atom. The van der Waals surface area contributed by atoms with E-state index < -0.39 is 0 Å². The normalized spacial score (nSPS) is 19.5. The Morgan fingerprint density at radius 2 is 2.44 bits per heavy atom. The fraction of sp³-hybridized carbons (Fsp3) is 0.455. The van der Waals surface area contributed by atoms with Gasteiger partial charge in [-0.2, -0.15) is 0 Å². The average molecular weight is 221 g/mol. The molecule has 1 atom stereocenters. The molecule has 2 rings (SSSR count). The lowest BCUT2D eigenvalue weighted by molar-refractivity contribution is -0.125. The largest absolute Gasteiger partial charge is 0.367 e. The summed E-state index contributed by atoms with van der Waals surface area (Å²) in [7, 11) is 0. The Labute approximate surface area is 93.6 Å². The smallest absolute Gasteiger partial charge is 0.242 e. The van der Waals surface area contributed by atoms with Crippen molar-refractivity contribution in [2.45, 2.75) is 25.3 Å². The minimum absolute atomic E-state index is 0.0363. The van der Waals surface area contributed by atoms with E-state index in [1.54, 1.807) is 0 Å². The highest BCUT2D eigenvalue weighted by molar-refractivity contribution is 5.90. The molecule has 16 heavy (non-hydrogen) atoms. The van der Waals surface area contributed by atoms with E-state index in [4.69, 9.17) is 0 Å². The third kappa shape index (κ3) is 2.62. The van der Waals surface area contributed by atoms with E-state index >= 15 is 0 Å². The molecular weight excluding hydrogens is 206 g/mol. The standard InChI is InChI=1S/C11H15N3O2/c15-10-2-1-9(14-10)11(16)13-6-4-8-3-5-12-7-8/h3,5,7,9,12H,1-2,4,6H2,(H,13,16)(H,14,15). The van der Waals surface area contributed by atoms with Gasteiger partial charge in [0.25, 0.3) is 0 Å². The van der Waals surface area contributed by atoms with Crippen molar-refractivity contribution in [2.75, 3.05) is 6.54 Å². The van der Waals surface area contributed by atoms with Crippen molar-refractivity contribution >= 4 is 11.8 Å². The monoisotopic (exact) mass is 221 g/mol. The molecule has 1 aliphatic heterocycles. The summed E-state index contributed by atoms with van der Waals surface area (Å²) in [6.07, 6.45) is 5.62. The van der Waals surface area contributed by atoms with Gasteiger partial charge in [0.15, 0.2) is 0 Å². The molecule has 0 saturated carbocycles. The van der Waals surface area contributed by atoms with Crippen molar-refractivity contribution in [1.82, 2.24) is 15.6 Å². The van der Waals surface area contributed by atoms with E-state index in [1.807, 2.05) is 18.5 Å². The summed E-state index contributed by atoms with van der Waals surface area (Å²) in [6.45, 7) is 0.600. The van der Waals surface area contributed by atoms with Crippen molar-refractivity contribution in [3.8, 4) is 0 Å². The fourth-order valence-electron chi connectivity index (χ4n) is 1.78. The number of rotatable bonds is 4. The van der Waals surface area contributed by atoms with Crippen LogP contribution >= 0.6 is 0 Å². The molecule has 0 spiro atoms. The van der Waals surface area contributed by atoms with E-state index in [0.29, 0.717) is 19.4 Å². The number of aromatic nitrogens is 1. The van der Waals surface area contributed by atoms with Crippen LogP contribution in [0.4, 0.5) is 0 Å². The van der Waals surface area contributed by atoms with Gasteiger partial charge in [-0.25, -0.2) is 0 Å². The van der Waals surface area contributed by atoms with Crippen molar-refractivity contribution in [3.63, 3.8) is 0 Å². The van der Waals surface area contributed by atoms with Gasteiger partial charge in [0.1, 0.15) is 6.04 Å². The molecular formula is C11H15N3O2. The molecule has 1 saturated heterocycles. The maximum atomic E-state index is 11.6. The van der Waals surface area contributed by atoms with Gasteiger partial charge in [0.05, 0.1) is 0 Å². The van der Waals surface area contributed by atoms with Gasteiger partial charge in [0.2, 0.25) is 11.8 Å². The Bertz CT molecular complexity index is 373. The Balaban J connectivity index is 1.70. The number of aromatic amines is 1. The first-order valence-corrected chi connectivity index (χ1v) is 5.44. The number of amides is 2. The van der Waals surface area contributed by atoms with Crippen LogP contribution < -0.4 is 10.6 Å². The minimum Gasteiger partial charge on any atom is -0.367 e. The first-order chi connectivity index (χ1) is 7.75. The van der Waals surface area contributed by atoms with Crippen molar-refractivity contribution in [1.29, 1.82) is 0 Å². The van der Waals surface area contributed by atoms with E-state index in [1.165, 1.54) is 0 Å². The highest BCUT2D eigenvalue weighted by atomic mass is 16.2.